The molecule has 0 fully saturated rings. The van der Waals surface area contributed by atoms with Gasteiger partial charge in [-0.2, -0.15) is 0 Å². The second kappa shape index (κ2) is 4.82. The maximum atomic E-state index is 5.67. The molecule has 0 aliphatic rings. The van der Waals surface area contributed by atoms with E-state index in [1.54, 1.807) is 12.4 Å². The molecule has 1 aromatic heterocycles. The minimum Gasteiger partial charge on any atom is -0.382 e. The minimum atomic E-state index is 0.439. The van der Waals surface area contributed by atoms with Crippen LogP contribution in [0.1, 0.15) is 12.5 Å². The van der Waals surface area contributed by atoms with Crippen molar-refractivity contribution in [1.29, 1.82) is 0 Å². The number of nitrogens with two attached hydrogens (primary N) is 1. The molecule has 1 heterocycles. The van der Waals surface area contributed by atoms with Gasteiger partial charge in [-0.05, 0) is 25.5 Å². The zero-order valence-corrected chi connectivity index (χ0v) is 10.1. The lowest BCUT2D eigenvalue weighted by Crippen LogP contribution is -2.19. The van der Waals surface area contributed by atoms with Gasteiger partial charge in [0.1, 0.15) is 5.82 Å². The van der Waals surface area contributed by atoms with E-state index in [4.69, 9.17) is 5.73 Å². The molecule has 1 aromatic carbocycles. The lowest BCUT2D eigenvalue weighted by atomic mass is 10.2. The summed E-state index contributed by atoms with van der Waals surface area (Å²) in [4.78, 5) is 10.5. The second-order valence-corrected chi connectivity index (χ2v) is 3.83. The highest BCUT2D eigenvalue weighted by Gasteiger charge is 2.10. The summed E-state index contributed by atoms with van der Waals surface area (Å²) >= 11 is 0. The SMILES string of the molecule is CCN(c1cncc(N)n1)c1ccccc1C. The molecule has 2 N–H and O–H groups in total. The molecule has 0 bridgehead atoms. The van der Waals surface area contributed by atoms with Gasteiger partial charge < -0.3 is 10.6 Å². The van der Waals surface area contributed by atoms with Crippen molar-refractivity contribution in [3.63, 3.8) is 0 Å². The Labute approximate surface area is 101 Å². The predicted molar refractivity (Wildman–Crippen MR) is 70.3 cm³/mol. The smallest absolute Gasteiger partial charge is 0.153 e. The van der Waals surface area contributed by atoms with Gasteiger partial charge in [0.25, 0.3) is 0 Å². The first-order valence-electron chi connectivity index (χ1n) is 5.63. The molecule has 4 heteroatoms. The van der Waals surface area contributed by atoms with Crippen molar-refractivity contribution in [2.24, 2.45) is 0 Å². The number of para-hydroxylation sites is 1. The standard InChI is InChI=1S/C13H16N4/c1-3-17(11-7-5-4-6-10(11)2)13-9-15-8-12(14)16-13/h4-9H,3H2,1-2H3,(H2,14,16). The molecule has 0 spiro atoms. The Morgan fingerprint density at radius 2 is 2.00 bits per heavy atom. The van der Waals surface area contributed by atoms with Crippen molar-refractivity contribution >= 4 is 17.3 Å². The fourth-order valence-electron chi connectivity index (χ4n) is 1.82. The number of hydrogen-bond acceptors (Lipinski definition) is 4. The van der Waals surface area contributed by atoms with Gasteiger partial charge in [0, 0.05) is 12.2 Å². The molecule has 0 unspecified atom stereocenters. The average molecular weight is 228 g/mol. The number of nitrogen functional groups attached to an aromatic ring is 1. The van der Waals surface area contributed by atoms with Crippen LogP contribution >= 0.6 is 0 Å². The first kappa shape index (κ1) is 11.4. The third-order valence-corrected chi connectivity index (χ3v) is 2.64. The summed E-state index contributed by atoms with van der Waals surface area (Å²) in [5.41, 5.74) is 8.01. The third kappa shape index (κ3) is 2.36. The summed E-state index contributed by atoms with van der Waals surface area (Å²) in [6, 6.07) is 8.20. The first-order valence-corrected chi connectivity index (χ1v) is 5.63. The molecule has 0 atom stereocenters. The van der Waals surface area contributed by atoms with Gasteiger partial charge in [0.05, 0.1) is 12.4 Å². The number of anilines is 3. The topological polar surface area (TPSA) is 55.0 Å². The first-order chi connectivity index (χ1) is 8.22. The Bertz CT molecular complexity index is 510. The minimum absolute atomic E-state index is 0.439. The van der Waals surface area contributed by atoms with E-state index in [9.17, 15) is 0 Å². The number of aromatic nitrogens is 2. The summed E-state index contributed by atoms with van der Waals surface area (Å²) < 4.78 is 0. The third-order valence-electron chi connectivity index (χ3n) is 2.64. The monoisotopic (exact) mass is 228 g/mol. The fourth-order valence-corrected chi connectivity index (χ4v) is 1.82. The Balaban J connectivity index is 2.44. The van der Waals surface area contributed by atoms with E-state index in [0.717, 1.165) is 18.1 Å². The highest BCUT2D eigenvalue weighted by atomic mass is 15.2. The molecule has 2 rings (SSSR count). The molecule has 4 nitrogen and oxygen atoms in total. The summed E-state index contributed by atoms with van der Waals surface area (Å²) in [7, 11) is 0. The van der Waals surface area contributed by atoms with Gasteiger partial charge in [-0.15, -0.1) is 0 Å². The molecule has 2 aromatic rings. The van der Waals surface area contributed by atoms with E-state index in [1.807, 2.05) is 12.1 Å². The Kier molecular flexibility index (Phi) is 3.23. The molecule has 0 aliphatic carbocycles. The van der Waals surface area contributed by atoms with Gasteiger partial charge >= 0.3 is 0 Å². The van der Waals surface area contributed by atoms with Crippen molar-refractivity contribution in [2.75, 3.05) is 17.2 Å². The molecular weight excluding hydrogens is 212 g/mol. The summed E-state index contributed by atoms with van der Waals surface area (Å²) in [5, 5.41) is 0. The molecular formula is C13H16N4. The van der Waals surface area contributed by atoms with Crippen LogP contribution in [0.25, 0.3) is 0 Å². The zero-order chi connectivity index (χ0) is 12.3. The molecule has 88 valence electrons. The van der Waals surface area contributed by atoms with Crippen molar-refractivity contribution in [2.45, 2.75) is 13.8 Å². The number of aryl methyl sites for hydroxylation is 1. The normalized spacial score (nSPS) is 10.2. The van der Waals surface area contributed by atoms with Crippen molar-refractivity contribution in [3.05, 3.63) is 42.2 Å². The largest absolute Gasteiger partial charge is 0.382 e. The van der Waals surface area contributed by atoms with Crippen LogP contribution < -0.4 is 10.6 Å². The van der Waals surface area contributed by atoms with Crippen LogP contribution in [0, 0.1) is 6.92 Å². The lowest BCUT2D eigenvalue weighted by molar-refractivity contribution is 0.973. The van der Waals surface area contributed by atoms with E-state index in [0.29, 0.717) is 5.82 Å². The van der Waals surface area contributed by atoms with Crippen molar-refractivity contribution in [1.82, 2.24) is 9.97 Å². The maximum Gasteiger partial charge on any atom is 0.153 e. The quantitative estimate of drug-likeness (QED) is 0.877. The molecule has 0 radical (unpaired) electrons. The maximum absolute atomic E-state index is 5.67. The fraction of sp³-hybridized carbons (Fsp3) is 0.231. The summed E-state index contributed by atoms with van der Waals surface area (Å²) in [6.07, 6.45) is 3.28. The van der Waals surface area contributed by atoms with Crippen LogP contribution in [-0.4, -0.2) is 16.5 Å². The molecule has 0 aliphatic heterocycles. The van der Waals surface area contributed by atoms with Gasteiger partial charge in [-0.3, -0.25) is 4.98 Å². The van der Waals surface area contributed by atoms with Gasteiger partial charge in [0.2, 0.25) is 0 Å². The van der Waals surface area contributed by atoms with Gasteiger partial charge in [-0.1, -0.05) is 18.2 Å². The highest BCUT2D eigenvalue weighted by Crippen LogP contribution is 2.26. The average Bonchev–Trinajstić information content (AvgIpc) is 2.33. The van der Waals surface area contributed by atoms with Crippen molar-refractivity contribution < 1.29 is 0 Å². The number of hydrogen-bond donors (Lipinski definition) is 1. The van der Waals surface area contributed by atoms with E-state index < -0.39 is 0 Å². The molecule has 0 saturated carbocycles. The Morgan fingerprint density at radius 1 is 1.24 bits per heavy atom. The van der Waals surface area contributed by atoms with Crippen molar-refractivity contribution in [3.8, 4) is 0 Å². The highest BCUT2D eigenvalue weighted by molar-refractivity contribution is 5.63. The summed E-state index contributed by atoms with van der Waals surface area (Å²) in [6.45, 7) is 4.98. The van der Waals surface area contributed by atoms with Crippen LogP contribution in [0.5, 0.6) is 0 Å². The summed E-state index contributed by atoms with van der Waals surface area (Å²) in [5.74, 6) is 1.22. The van der Waals surface area contributed by atoms with Crippen LogP contribution in [-0.2, 0) is 0 Å². The Hall–Kier alpha value is -2.10. The van der Waals surface area contributed by atoms with Crippen LogP contribution in [0.3, 0.4) is 0 Å². The van der Waals surface area contributed by atoms with Crippen LogP contribution in [0.4, 0.5) is 17.3 Å². The molecule has 0 saturated heterocycles. The number of rotatable bonds is 3. The molecule has 0 amide bonds. The molecule has 17 heavy (non-hydrogen) atoms. The number of benzene rings is 1. The van der Waals surface area contributed by atoms with Gasteiger partial charge in [0.15, 0.2) is 5.82 Å². The van der Waals surface area contributed by atoms with Gasteiger partial charge in [-0.25, -0.2) is 4.98 Å². The van der Waals surface area contributed by atoms with E-state index in [2.05, 4.69) is 40.8 Å². The number of nitrogens with zero attached hydrogens (tertiary/aromatic N) is 3. The van der Waals surface area contributed by atoms with E-state index in [1.165, 1.54) is 5.56 Å². The van der Waals surface area contributed by atoms with E-state index in [-0.39, 0.29) is 0 Å². The van der Waals surface area contributed by atoms with Crippen LogP contribution in [0.2, 0.25) is 0 Å². The predicted octanol–water partition coefficient (Wildman–Crippen LogP) is 2.53. The second-order valence-electron chi connectivity index (χ2n) is 3.83. The van der Waals surface area contributed by atoms with Crippen LogP contribution in [0.15, 0.2) is 36.7 Å². The van der Waals surface area contributed by atoms with E-state index >= 15 is 0 Å². The zero-order valence-electron chi connectivity index (χ0n) is 10.1. The Morgan fingerprint density at radius 3 is 2.65 bits per heavy atom. The lowest BCUT2D eigenvalue weighted by Gasteiger charge is -2.23.